The summed E-state index contributed by atoms with van der Waals surface area (Å²) in [5.41, 5.74) is 4.04. The summed E-state index contributed by atoms with van der Waals surface area (Å²) in [4.78, 5) is 15.8. The van der Waals surface area contributed by atoms with Gasteiger partial charge in [-0.1, -0.05) is 0 Å². The van der Waals surface area contributed by atoms with Gasteiger partial charge in [0.2, 0.25) is 0 Å². The quantitative estimate of drug-likeness (QED) is 0.501. The van der Waals surface area contributed by atoms with Gasteiger partial charge in [-0.05, 0) is 57.3 Å². The minimum atomic E-state index is -0.429. The van der Waals surface area contributed by atoms with Gasteiger partial charge in [0.1, 0.15) is 11.5 Å². The van der Waals surface area contributed by atoms with E-state index >= 15 is 0 Å². The molecule has 0 aliphatic rings. The number of amides is 1. The standard InChI is InChI=1S/C15H13Br2N3O3/c1-7-11(13(21)8(2)14(22)12(7)17)6-19-20-15(23)9-3-10(16)5-18-4-9/h3-6,21-22H,1-2H3,(H,20,23). The molecule has 0 spiro atoms. The molecule has 0 radical (unpaired) electrons. The maximum atomic E-state index is 11.9. The fourth-order valence-corrected chi connectivity index (χ4v) is 2.74. The lowest BCUT2D eigenvalue weighted by Crippen LogP contribution is -2.17. The molecular weight excluding hydrogens is 430 g/mol. The summed E-state index contributed by atoms with van der Waals surface area (Å²) in [6, 6.07) is 1.61. The van der Waals surface area contributed by atoms with E-state index in [1.54, 1.807) is 26.1 Å². The minimum Gasteiger partial charge on any atom is -0.507 e. The van der Waals surface area contributed by atoms with Crippen molar-refractivity contribution in [2.45, 2.75) is 13.8 Å². The molecule has 2 aromatic rings. The van der Waals surface area contributed by atoms with E-state index in [-0.39, 0.29) is 11.5 Å². The third-order valence-electron chi connectivity index (χ3n) is 3.23. The van der Waals surface area contributed by atoms with Gasteiger partial charge in [-0.3, -0.25) is 9.78 Å². The second-order valence-corrected chi connectivity index (χ2v) is 6.47. The highest BCUT2D eigenvalue weighted by Gasteiger charge is 2.16. The van der Waals surface area contributed by atoms with Gasteiger partial charge in [0, 0.05) is 28.0 Å². The van der Waals surface area contributed by atoms with Crippen molar-refractivity contribution >= 4 is 44.0 Å². The summed E-state index contributed by atoms with van der Waals surface area (Å²) >= 11 is 6.49. The Morgan fingerprint density at radius 1 is 1.22 bits per heavy atom. The number of carbonyl (C=O) groups is 1. The summed E-state index contributed by atoms with van der Waals surface area (Å²) < 4.78 is 1.15. The van der Waals surface area contributed by atoms with Gasteiger partial charge in [-0.15, -0.1) is 0 Å². The molecule has 0 bridgehead atoms. The largest absolute Gasteiger partial charge is 0.507 e. The van der Waals surface area contributed by atoms with Crippen LogP contribution in [0.3, 0.4) is 0 Å². The Labute approximate surface area is 149 Å². The van der Waals surface area contributed by atoms with Gasteiger partial charge in [0.15, 0.2) is 0 Å². The van der Waals surface area contributed by atoms with Crippen molar-refractivity contribution in [2.24, 2.45) is 5.10 Å². The van der Waals surface area contributed by atoms with Crippen molar-refractivity contribution < 1.29 is 15.0 Å². The van der Waals surface area contributed by atoms with Crippen molar-refractivity contribution in [3.8, 4) is 11.5 Å². The molecule has 0 saturated heterocycles. The van der Waals surface area contributed by atoms with E-state index in [1.165, 1.54) is 12.4 Å². The highest BCUT2D eigenvalue weighted by molar-refractivity contribution is 9.10. The average Bonchev–Trinajstić information content (AvgIpc) is 2.54. The van der Waals surface area contributed by atoms with Crippen molar-refractivity contribution in [3.63, 3.8) is 0 Å². The number of benzene rings is 1. The number of rotatable bonds is 3. The molecule has 0 aliphatic carbocycles. The Morgan fingerprint density at radius 2 is 1.91 bits per heavy atom. The molecule has 0 aliphatic heterocycles. The molecule has 0 saturated carbocycles. The molecule has 1 aromatic heterocycles. The number of halogens is 2. The molecule has 8 heteroatoms. The number of aromatic nitrogens is 1. The first-order valence-corrected chi connectivity index (χ1v) is 8.06. The number of hydrazone groups is 1. The Balaban J connectivity index is 2.23. The molecule has 0 unspecified atom stereocenters. The van der Waals surface area contributed by atoms with Crippen LogP contribution in [0.2, 0.25) is 0 Å². The third kappa shape index (κ3) is 3.70. The highest BCUT2D eigenvalue weighted by atomic mass is 79.9. The first kappa shape index (κ1) is 17.4. The lowest BCUT2D eigenvalue weighted by atomic mass is 10.0. The maximum absolute atomic E-state index is 11.9. The number of phenolic OH excluding ortho intramolecular Hbond substituents is 2. The lowest BCUT2D eigenvalue weighted by Gasteiger charge is -2.11. The van der Waals surface area contributed by atoms with Gasteiger partial charge in [0.25, 0.3) is 5.91 Å². The van der Waals surface area contributed by atoms with Crippen LogP contribution < -0.4 is 5.43 Å². The predicted molar refractivity (Wildman–Crippen MR) is 93.9 cm³/mol. The van der Waals surface area contributed by atoms with E-state index in [2.05, 4.69) is 47.4 Å². The Bertz CT molecular complexity index is 778. The number of carbonyl (C=O) groups excluding carboxylic acids is 1. The van der Waals surface area contributed by atoms with Gasteiger partial charge in [0.05, 0.1) is 16.3 Å². The molecule has 0 fully saturated rings. The van der Waals surface area contributed by atoms with Crippen molar-refractivity contribution in [3.05, 3.63) is 49.7 Å². The zero-order valence-corrected chi connectivity index (χ0v) is 15.4. The smallest absolute Gasteiger partial charge is 0.272 e. The second kappa shape index (κ2) is 7.10. The Morgan fingerprint density at radius 3 is 2.57 bits per heavy atom. The molecule has 6 nitrogen and oxygen atoms in total. The van der Waals surface area contributed by atoms with Crippen molar-refractivity contribution in [1.29, 1.82) is 0 Å². The van der Waals surface area contributed by atoms with E-state index in [9.17, 15) is 15.0 Å². The Hall–Kier alpha value is -1.93. The van der Waals surface area contributed by atoms with Gasteiger partial charge >= 0.3 is 0 Å². The van der Waals surface area contributed by atoms with E-state index in [4.69, 9.17) is 0 Å². The Kier molecular flexibility index (Phi) is 5.38. The summed E-state index contributed by atoms with van der Waals surface area (Å²) in [7, 11) is 0. The van der Waals surface area contributed by atoms with Crippen LogP contribution in [0.4, 0.5) is 0 Å². The molecule has 23 heavy (non-hydrogen) atoms. The molecule has 120 valence electrons. The van der Waals surface area contributed by atoms with Crippen LogP contribution >= 0.6 is 31.9 Å². The normalized spacial score (nSPS) is 11.0. The molecule has 0 atom stereocenters. The SMILES string of the molecule is Cc1c(O)c(Br)c(C)c(C=NNC(=O)c2cncc(Br)c2)c1O. The maximum Gasteiger partial charge on any atom is 0.272 e. The first-order valence-electron chi connectivity index (χ1n) is 6.47. The third-order valence-corrected chi connectivity index (χ3v) is 4.64. The fourth-order valence-electron chi connectivity index (χ4n) is 1.87. The van der Waals surface area contributed by atoms with Crippen LogP contribution in [0, 0.1) is 13.8 Å². The summed E-state index contributed by atoms with van der Waals surface area (Å²) in [5, 5.41) is 23.8. The van der Waals surface area contributed by atoms with Crippen LogP contribution in [0.5, 0.6) is 11.5 Å². The number of hydrogen-bond acceptors (Lipinski definition) is 5. The van der Waals surface area contributed by atoms with Gasteiger partial charge < -0.3 is 10.2 Å². The zero-order valence-electron chi connectivity index (χ0n) is 12.3. The van der Waals surface area contributed by atoms with E-state index in [1.807, 2.05) is 0 Å². The minimum absolute atomic E-state index is 0.0265. The topological polar surface area (TPSA) is 94.8 Å². The second-order valence-electron chi connectivity index (χ2n) is 4.77. The number of aromatic hydroxyl groups is 2. The van der Waals surface area contributed by atoms with E-state index < -0.39 is 5.91 Å². The van der Waals surface area contributed by atoms with E-state index in [0.29, 0.717) is 31.2 Å². The molecular formula is C15H13Br2N3O3. The molecule has 1 aromatic carbocycles. The molecule has 2 rings (SSSR count). The summed E-state index contributed by atoms with van der Waals surface area (Å²) in [6.45, 7) is 3.29. The lowest BCUT2D eigenvalue weighted by molar-refractivity contribution is 0.0954. The molecule has 3 N–H and O–H groups in total. The van der Waals surface area contributed by atoms with E-state index in [0.717, 1.165) is 0 Å². The monoisotopic (exact) mass is 441 g/mol. The first-order chi connectivity index (χ1) is 10.8. The van der Waals surface area contributed by atoms with Crippen molar-refractivity contribution in [2.75, 3.05) is 0 Å². The molecule has 1 amide bonds. The van der Waals surface area contributed by atoms with Gasteiger partial charge in [-0.2, -0.15) is 5.10 Å². The van der Waals surface area contributed by atoms with Gasteiger partial charge in [-0.25, -0.2) is 5.43 Å². The van der Waals surface area contributed by atoms with Crippen LogP contribution in [0.15, 0.2) is 32.5 Å². The van der Waals surface area contributed by atoms with Crippen LogP contribution in [-0.4, -0.2) is 27.3 Å². The van der Waals surface area contributed by atoms with Crippen LogP contribution in [0.25, 0.3) is 0 Å². The van der Waals surface area contributed by atoms with Crippen molar-refractivity contribution in [1.82, 2.24) is 10.4 Å². The highest BCUT2D eigenvalue weighted by Crippen LogP contribution is 2.39. The number of phenols is 2. The molecule has 1 heterocycles. The average molecular weight is 443 g/mol. The number of pyridine rings is 1. The summed E-state index contributed by atoms with van der Waals surface area (Å²) in [5.74, 6) is -0.548. The zero-order chi connectivity index (χ0) is 17.1. The fraction of sp³-hybridized carbons (Fsp3) is 0.133. The number of nitrogens with one attached hydrogen (secondary N) is 1. The van der Waals surface area contributed by atoms with Crippen LogP contribution in [0.1, 0.15) is 27.0 Å². The number of nitrogens with zero attached hydrogens (tertiary/aromatic N) is 2. The summed E-state index contributed by atoms with van der Waals surface area (Å²) in [6.07, 6.45) is 4.31. The van der Waals surface area contributed by atoms with Crippen LogP contribution in [-0.2, 0) is 0 Å². The number of hydrogen-bond donors (Lipinski definition) is 3. The predicted octanol–water partition coefficient (Wildman–Crippen LogP) is 3.40.